The van der Waals surface area contributed by atoms with Crippen LogP contribution in [-0.4, -0.2) is 13.1 Å². The minimum atomic E-state index is -5.00. The van der Waals surface area contributed by atoms with Crippen LogP contribution in [0.2, 0.25) is 0 Å². The second kappa shape index (κ2) is 5.42. The van der Waals surface area contributed by atoms with Crippen molar-refractivity contribution in [1.29, 1.82) is 0 Å². The molecule has 4 fully saturated rings. The van der Waals surface area contributed by atoms with Crippen molar-refractivity contribution in [3.05, 3.63) is 34.9 Å². The molecule has 0 aliphatic heterocycles. The second-order valence-corrected chi connectivity index (χ2v) is 8.29. The van der Waals surface area contributed by atoms with Crippen LogP contribution in [0.1, 0.15) is 49.7 Å². The molecule has 4 aliphatic carbocycles. The number of ether oxygens (including phenoxy) is 1. The Bertz CT molecular complexity index is 756. The highest BCUT2D eigenvalue weighted by Crippen LogP contribution is 2.67. The normalized spacial score (nSPS) is 35.6. The van der Waals surface area contributed by atoms with Gasteiger partial charge in [-0.2, -0.15) is 13.2 Å². The molecule has 0 spiro atoms. The molecule has 26 heavy (non-hydrogen) atoms. The van der Waals surface area contributed by atoms with Crippen molar-refractivity contribution in [3.63, 3.8) is 0 Å². The van der Waals surface area contributed by atoms with Crippen LogP contribution in [-0.2, 0) is 21.1 Å². The van der Waals surface area contributed by atoms with Gasteiger partial charge in [-0.1, -0.05) is 6.07 Å². The molecule has 7 heteroatoms. The summed E-state index contributed by atoms with van der Waals surface area (Å²) in [6.07, 6.45) is -1.79. The highest BCUT2D eigenvalue weighted by Gasteiger charge is 2.63. The van der Waals surface area contributed by atoms with Gasteiger partial charge in [0.15, 0.2) is 11.6 Å². The molecule has 0 amide bonds. The van der Waals surface area contributed by atoms with E-state index in [2.05, 4.69) is 0 Å². The number of esters is 1. The summed E-state index contributed by atoms with van der Waals surface area (Å²) in [5.74, 6) is -3.55. The predicted octanol–water partition coefficient (Wildman–Crippen LogP) is 4.99. The average molecular weight is 374 g/mol. The maximum Gasteiger partial charge on any atom is 0.419 e. The third-order valence-corrected chi connectivity index (χ3v) is 6.63. The van der Waals surface area contributed by atoms with E-state index in [-0.39, 0.29) is 23.8 Å². The maximum absolute atomic E-state index is 14.2. The van der Waals surface area contributed by atoms with Crippen LogP contribution >= 0.6 is 0 Å². The monoisotopic (exact) mass is 374 g/mol. The van der Waals surface area contributed by atoms with Crippen molar-refractivity contribution in [2.24, 2.45) is 17.3 Å². The Kier molecular flexibility index (Phi) is 3.70. The van der Waals surface area contributed by atoms with E-state index in [1.807, 2.05) is 0 Å². The summed E-state index contributed by atoms with van der Waals surface area (Å²) in [5.41, 5.74) is -3.49. The molecule has 2 unspecified atom stereocenters. The Labute approximate surface area is 147 Å². The average Bonchev–Trinajstić information content (AvgIpc) is 2.53. The standard InChI is InChI=1S/C19H19F5O2/c1-26-16(25)18-7-10-4-11(8-18)6-17(5-10,9-18)12-2-3-13(20)15(21)14(12)19(22,23)24/h2-3,10-11H,4-9H2,1H3. The molecule has 0 aromatic heterocycles. The van der Waals surface area contributed by atoms with Crippen LogP contribution in [0.3, 0.4) is 0 Å². The summed E-state index contributed by atoms with van der Waals surface area (Å²) in [5, 5.41) is 0. The van der Waals surface area contributed by atoms with Crippen LogP contribution in [0.25, 0.3) is 0 Å². The van der Waals surface area contributed by atoms with Gasteiger partial charge in [0.2, 0.25) is 0 Å². The van der Waals surface area contributed by atoms with Crippen LogP contribution in [0.5, 0.6) is 0 Å². The fraction of sp³-hybridized carbons (Fsp3) is 0.632. The molecule has 4 bridgehead atoms. The van der Waals surface area contributed by atoms with Gasteiger partial charge < -0.3 is 4.74 Å². The smallest absolute Gasteiger partial charge is 0.419 e. The molecular weight excluding hydrogens is 355 g/mol. The number of halogens is 5. The SMILES string of the molecule is COC(=O)C12CC3CC(C1)CC(c1ccc(F)c(F)c1C(F)(F)F)(C3)C2. The van der Waals surface area contributed by atoms with E-state index in [1.54, 1.807) is 0 Å². The highest BCUT2D eigenvalue weighted by molar-refractivity contribution is 5.78. The van der Waals surface area contributed by atoms with Gasteiger partial charge in [-0.15, -0.1) is 0 Å². The lowest BCUT2D eigenvalue weighted by Gasteiger charge is -2.61. The van der Waals surface area contributed by atoms with Crippen LogP contribution in [0, 0.1) is 28.9 Å². The minimum absolute atomic E-state index is 0.101. The highest BCUT2D eigenvalue weighted by atomic mass is 19.4. The quantitative estimate of drug-likeness (QED) is 0.538. The van der Waals surface area contributed by atoms with Gasteiger partial charge in [-0.3, -0.25) is 4.79 Å². The number of hydrogen-bond acceptors (Lipinski definition) is 2. The number of methoxy groups -OCH3 is 1. The maximum atomic E-state index is 14.2. The molecular formula is C19H19F5O2. The third-order valence-electron chi connectivity index (χ3n) is 6.63. The van der Waals surface area contributed by atoms with E-state index < -0.39 is 40.2 Å². The van der Waals surface area contributed by atoms with Crippen LogP contribution in [0.15, 0.2) is 12.1 Å². The van der Waals surface area contributed by atoms with Gasteiger partial charge >= 0.3 is 12.1 Å². The molecule has 4 aliphatic rings. The van der Waals surface area contributed by atoms with Gasteiger partial charge in [0, 0.05) is 0 Å². The number of rotatable bonds is 2. The molecule has 0 radical (unpaired) electrons. The minimum Gasteiger partial charge on any atom is -0.469 e. The van der Waals surface area contributed by atoms with Gasteiger partial charge in [0.1, 0.15) is 0 Å². The molecule has 1 aromatic carbocycles. The molecule has 2 atom stereocenters. The summed E-state index contributed by atoms with van der Waals surface area (Å²) in [7, 11) is 1.28. The fourth-order valence-corrected chi connectivity index (χ4v) is 6.30. The van der Waals surface area contributed by atoms with E-state index in [0.29, 0.717) is 25.7 Å². The Hall–Kier alpha value is -1.66. The predicted molar refractivity (Wildman–Crippen MR) is 82.2 cm³/mol. The molecule has 0 heterocycles. The lowest BCUT2D eigenvalue weighted by molar-refractivity contribution is -0.171. The van der Waals surface area contributed by atoms with Crippen molar-refractivity contribution >= 4 is 5.97 Å². The van der Waals surface area contributed by atoms with Crippen molar-refractivity contribution in [1.82, 2.24) is 0 Å². The molecule has 4 saturated carbocycles. The zero-order chi connectivity index (χ0) is 18.9. The second-order valence-electron chi connectivity index (χ2n) is 8.29. The number of carbonyl (C=O) groups excluding carboxylic acids is 1. The largest absolute Gasteiger partial charge is 0.469 e. The van der Waals surface area contributed by atoms with E-state index in [4.69, 9.17) is 4.74 Å². The Morgan fingerprint density at radius 2 is 1.73 bits per heavy atom. The van der Waals surface area contributed by atoms with Crippen LogP contribution < -0.4 is 0 Å². The van der Waals surface area contributed by atoms with E-state index in [1.165, 1.54) is 7.11 Å². The first kappa shape index (κ1) is 17.7. The van der Waals surface area contributed by atoms with Gasteiger partial charge in [0.25, 0.3) is 0 Å². The lowest BCUT2D eigenvalue weighted by atomic mass is 9.42. The first-order chi connectivity index (χ1) is 12.1. The van der Waals surface area contributed by atoms with Gasteiger partial charge in [-0.25, -0.2) is 8.78 Å². The number of hydrogen-bond donors (Lipinski definition) is 0. The molecule has 2 nitrogen and oxygen atoms in total. The molecule has 0 saturated heterocycles. The van der Waals surface area contributed by atoms with Crippen molar-refractivity contribution in [3.8, 4) is 0 Å². The summed E-state index contributed by atoms with van der Waals surface area (Å²) >= 11 is 0. The van der Waals surface area contributed by atoms with Crippen molar-refractivity contribution < 1.29 is 31.5 Å². The molecule has 0 N–H and O–H groups in total. The van der Waals surface area contributed by atoms with Gasteiger partial charge in [0.05, 0.1) is 18.1 Å². The Morgan fingerprint density at radius 1 is 1.12 bits per heavy atom. The first-order valence-corrected chi connectivity index (χ1v) is 8.74. The lowest BCUT2D eigenvalue weighted by Crippen LogP contribution is -2.57. The summed E-state index contributed by atoms with van der Waals surface area (Å²) in [6, 6.07) is 1.84. The summed E-state index contributed by atoms with van der Waals surface area (Å²) in [6.45, 7) is 0. The molecule has 1 aromatic rings. The Morgan fingerprint density at radius 3 is 2.27 bits per heavy atom. The number of alkyl halides is 3. The molecule has 5 rings (SSSR count). The topological polar surface area (TPSA) is 26.3 Å². The molecule has 142 valence electrons. The summed E-state index contributed by atoms with van der Waals surface area (Å²) < 4.78 is 73.5. The van der Waals surface area contributed by atoms with E-state index >= 15 is 0 Å². The Balaban J connectivity index is 1.89. The fourth-order valence-electron chi connectivity index (χ4n) is 6.30. The third kappa shape index (κ3) is 2.38. The van der Waals surface area contributed by atoms with Crippen molar-refractivity contribution in [2.75, 3.05) is 7.11 Å². The van der Waals surface area contributed by atoms with E-state index in [0.717, 1.165) is 18.6 Å². The van der Waals surface area contributed by atoms with E-state index in [9.17, 15) is 26.7 Å². The van der Waals surface area contributed by atoms with Gasteiger partial charge in [-0.05, 0) is 67.4 Å². The first-order valence-electron chi connectivity index (χ1n) is 8.74. The summed E-state index contributed by atoms with van der Waals surface area (Å²) in [4.78, 5) is 12.5. The number of benzene rings is 1. The zero-order valence-electron chi connectivity index (χ0n) is 14.3. The number of carbonyl (C=O) groups is 1. The van der Waals surface area contributed by atoms with Crippen molar-refractivity contribution in [2.45, 2.75) is 50.1 Å². The van der Waals surface area contributed by atoms with Crippen LogP contribution in [0.4, 0.5) is 22.0 Å². The zero-order valence-corrected chi connectivity index (χ0v) is 14.3.